The number of alkyl halides is 9. The summed E-state index contributed by atoms with van der Waals surface area (Å²) in [5.74, 6) is 0. The minimum atomic E-state index is -4.93. The molecule has 0 fully saturated rings. The van der Waals surface area contributed by atoms with Crippen LogP contribution in [0, 0.1) is 79.9 Å². The fourth-order valence-corrected chi connectivity index (χ4v) is 14.9. The molecule has 0 aliphatic rings. The molecule has 4 aromatic heterocycles. The largest absolute Gasteiger partial charge is 0.418 e. The highest BCUT2D eigenvalue weighted by Crippen LogP contribution is 2.52. The van der Waals surface area contributed by atoms with Crippen LogP contribution in [0.5, 0.6) is 0 Å². The molecule has 0 aliphatic carbocycles. The normalized spacial score (nSPS) is 12.1. The quantitative estimate of drug-likeness (QED) is 0.121. The number of aryl methyl sites for hydroxylation is 8. The van der Waals surface area contributed by atoms with E-state index < -0.39 is 40.8 Å². The maximum atomic E-state index is 15.7. The lowest BCUT2D eigenvalue weighted by molar-refractivity contribution is -0.138. The Morgan fingerprint density at radius 1 is 0.294 bits per heavy atom. The Hall–Kier alpha value is -12.3. The lowest BCUT2D eigenvalue weighted by Gasteiger charge is -2.24. The van der Waals surface area contributed by atoms with Crippen LogP contribution in [0.3, 0.4) is 0 Å². The van der Waals surface area contributed by atoms with Crippen molar-refractivity contribution >= 4 is 98.6 Å². The van der Waals surface area contributed by atoms with Gasteiger partial charge in [0, 0.05) is 54.2 Å². The van der Waals surface area contributed by atoms with E-state index in [1.807, 2.05) is 198 Å². The van der Waals surface area contributed by atoms with E-state index in [1.54, 1.807) is 28.8 Å². The lowest BCUT2D eigenvalue weighted by atomic mass is 9.93. The molecule has 0 saturated carbocycles. The van der Waals surface area contributed by atoms with Gasteiger partial charge in [0.25, 0.3) is 0 Å². The van der Waals surface area contributed by atoms with Crippen molar-refractivity contribution < 1.29 is 39.5 Å². The Kier molecular flexibility index (Phi) is 15.4. The molecule has 500 valence electrons. The number of hydrogen-bond donors (Lipinski definition) is 0. The van der Waals surface area contributed by atoms with Crippen LogP contribution in [0.1, 0.15) is 66.8 Å². The third-order valence-corrected chi connectivity index (χ3v) is 19.4. The predicted octanol–water partition coefficient (Wildman–Crippen LogP) is 25.6. The lowest BCUT2D eigenvalue weighted by Crippen LogP contribution is -2.14. The zero-order valence-electron chi connectivity index (χ0n) is 56.2. The second kappa shape index (κ2) is 24.0. The predicted molar refractivity (Wildman–Crippen MR) is 391 cm³/mol. The summed E-state index contributed by atoms with van der Waals surface area (Å²) >= 11 is 0. The molecule has 16 heteroatoms. The van der Waals surface area contributed by atoms with Crippen LogP contribution in [0.25, 0.3) is 142 Å². The minimum Gasteiger partial charge on any atom is -0.309 e. The van der Waals surface area contributed by atoms with E-state index in [0.29, 0.717) is 44.2 Å². The van der Waals surface area contributed by atoms with Gasteiger partial charge in [0.15, 0.2) is 11.4 Å². The second-order valence-electron chi connectivity index (χ2n) is 26.5. The zero-order valence-corrected chi connectivity index (χ0v) is 56.2. The molecule has 4 heterocycles. The van der Waals surface area contributed by atoms with Crippen LogP contribution in [-0.4, -0.2) is 18.3 Å². The fourth-order valence-electron chi connectivity index (χ4n) is 14.9. The number of hydrogen-bond acceptors (Lipinski definition) is 1. The number of nitriles is 1. The first kappa shape index (κ1) is 65.6. The van der Waals surface area contributed by atoms with Gasteiger partial charge in [0.1, 0.15) is 6.07 Å². The molecule has 0 aliphatic heterocycles. The molecule has 0 atom stereocenters. The summed E-state index contributed by atoms with van der Waals surface area (Å²) in [4.78, 5) is 7.12. The maximum Gasteiger partial charge on any atom is 0.418 e. The number of aromatic nitrogens is 4. The second-order valence-corrected chi connectivity index (χ2v) is 26.5. The summed E-state index contributed by atoms with van der Waals surface area (Å²) in [6.45, 7) is 31.3. The van der Waals surface area contributed by atoms with Gasteiger partial charge < -0.3 is 18.3 Å². The highest BCUT2D eigenvalue weighted by molar-refractivity contribution is 6.14. The Bertz CT molecular complexity index is 6180. The Morgan fingerprint density at radius 2 is 0.539 bits per heavy atom. The average molecular weight is 1360 g/mol. The molecule has 0 unspecified atom stereocenters. The number of nitrogens with zero attached hydrogens (tertiary/aromatic N) is 7. The molecule has 12 aromatic carbocycles. The first-order valence-electron chi connectivity index (χ1n) is 32.7. The van der Waals surface area contributed by atoms with E-state index >= 15 is 13.2 Å². The average Bonchev–Trinajstić information content (AvgIpc) is 1.51. The van der Waals surface area contributed by atoms with E-state index in [2.05, 4.69) is 15.8 Å². The molecule has 16 aromatic rings. The SMILES string of the molecule is [C-]#[N+]c1cccc(C(F)(F)F)c1-c1cc(-n2c3cc(C)ccc3c3ccc(C)cc32)c(C#N)cc1-n1c2cc(C)ccc2c2ccc(C)cc21.[C-]#[N+]c1cccc(C(F)(F)F)c1-c1cc(-n2c3cc(C)ccc3c3ccc(C)cc32)c(C(F)(F)F)cc1-n1c2cc(C)ccc2c2ccc(C)cc21. The van der Waals surface area contributed by atoms with Crippen molar-refractivity contribution in [2.45, 2.75) is 73.9 Å². The van der Waals surface area contributed by atoms with E-state index in [0.717, 1.165) is 123 Å². The summed E-state index contributed by atoms with van der Waals surface area (Å²) in [6, 6.07) is 61.4. The van der Waals surface area contributed by atoms with Gasteiger partial charge in [0.05, 0.1) is 102 Å². The molecule has 0 amide bonds. The van der Waals surface area contributed by atoms with E-state index in [9.17, 15) is 31.6 Å². The van der Waals surface area contributed by atoms with Crippen molar-refractivity contribution in [3.63, 3.8) is 0 Å². The van der Waals surface area contributed by atoms with Crippen molar-refractivity contribution in [3.8, 4) is 51.1 Å². The molecule has 0 bridgehead atoms. The van der Waals surface area contributed by atoms with Crippen LogP contribution in [-0.2, 0) is 18.5 Å². The molecule has 0 radical (unpaired) electrons. The molecule has 16 rings (SSSR count). The third-order valence-electron chi connectivity index (χ3n) is 19.4. The molecule has 0 spiro atoms. The summed E-state index contributed by atoms with van der Waals surface area (Å²) in [7, 11) is 0. The number of halogens is 9. The smallest absolute Gasteiger partial charge is 0.309 e. The van der Waals surface area contributed by atoms with Gasteiger partial charge in [-0.05, 0) is 184 Å². The molecule has 7 nitrogen and oxygen atoms in total. The van der Waals surface area contributed by atoms with Crippen LogP contribution in [0.2, 0.25) is 0 Å². The van der Waals surface area contributed by atoms with Crippen molar-refractivity contribution in [3.05, 3.63) is 296 Å². The minimum absolute atomic E-state index is 0.123. The van der Waals surface area contributed by atoms with Gasteiger partial charge in [0.2, 0.25) is 0 Å². The van der Waals surface area contributed by atoms with Crippen molar-refractivity contribution in [1.82, 2.24) is 18.3 Å². The molecule has 0 saturated heterocycles. The topological polar surface area (TPSA) is 52.2 Å². The van der Waals surface area contributed by atoms with Gasteiger partial charge in [-0.3, -0.25) is 0 Å². The standard InChI is InChI=1S/C43H29F6N3.C43H29F3N4/c1-23-9-13-27-28-14-10-24(2)18-36(28)51(35(27)17-23)39-22-33(43(47,48)49)40(21-31(39)41-32(42(44,45)46)7-6-8-34(41)50-5)52-37-19-25(3)11-15-29(37)30-16-12-26(4)20-38(30)52;1-24-9-13-29-30-14-10-25(2)18-38(30)49(37(29)17-24)36-22-33(42-34(43(44,45)46)7-6-8-35(42)48-5)41(21-28(36)23-47)50-39-19-26(3)11-15-31(39)32-16-12-27(4)20-40(32)50/h6-22H,1-4H3;6-22H,1-4H3. The van der Waals surface area contributed by atoms with Crippen LogP contribution in [0.15, 0.2) is 206 Å². The Balaban J connectivity index is 0.000000165. The Labute approximate surface area is 579 Å². The van der Waals surface area contributed by atoms with E-state index in [1.165, 1.54) is 28.8 Å². The zero-order chi connectivity index (χ0) is 71.9. The van der Waals surface area contributed by atoms with E-state index in [-0.39, 0.29) is 45.0 Å². The van der Waals surface area contributed by atoms with Gasteiger partial charge in [-0.1, -0.05) is 133 Å². The van der Waals surface area contributed by atoms with Crippen molar-refractivity contribution in [1.29, 1.82) is 5.26 Å². The first-order chi connectivity index (χ1) is 48.6. The number of benzene rings is 12. The highest BCUT2D eigenvalue weighted by atomic mass is 19.4. The van der Waals surface area contributed by atoms with Gasteiger partial charge in [-0.2, -0.15) is 44.8 Å². The van der Waals surface area contributed by atoms with Crippen molar-refractivity contribution in [2.75, 3.05) is 0 Å². The molecule has 102 heavy (non-hydrogen) atoms. The Morgan fingerprint density at radius 3 is 0.794 bits per heavy atom. The monoisotopic (exact) mass is 1360 g/mol. The van der Waals surface area contributed by atoms with Crippen LogP contribution in [0.4, 0.5) is 50.9 Å². The van der Waals surface area contributed by atoms with Crippen LogP contribution < -0.4 is 0 Å². The molecular formula is C86H58F9N7. The van der Waals surface area contributed by atoms with E-state index in [4.69, 9.17) is 13.1 Å². The highest BCUT2D eigenvalue weighted by Gasteiger charge is 2.41. The fraction of sp³-hybridized carbons (Fsp3) is 0.128. The summed E-state index contributed by atoms with van der Waals surface area (Å²) in [5, 5.41) is 17.5. The summed E-state index contributed by atoms with van der Waals surface area (Å²) in [6.07, 6.45) is -14.6. The molecule has 0 N–H and O–H groups in total. The number of fused-ring (bicyclic) bond motifs is 12. The maximum absolute atomic E-state index is 15.7. The number of rotatable bonds is 6. The summed E-state index contributed by atoms with van der Waals surface area (Å²) in [5.41, 5.74) is 8.90. The summed E-state index contributed by atoms with van der Waals surface area (Å²) < 4.78 is 144. The van der Waals surface area contributed by atoms with Gasteiger partial charge in [-0.15, -0.1) is 0 Å². The van der Waals surface area contributed by atoms with Crippen molar-refractivity contribution in [2.24, 2.45) is 0 Å². The van der Waals surface area contributed by atoms with Gasteiger partial charge in [-0.25, -0.2) is 9.69 Å². The first-order valence-corrected chi connectivity index (χ1v) is 32.7. The third kappa shape index (κ3) is 10.7. The molecular weight excluding hydrogens is 1300 g/mol. The van der Waals surface area contributed by atoms with Crippen LogP contribution >= 0.6 is 0 Å². The van der Waals surface area contributed by atoms with Gasteiger partial charge >= 0.3 is 18.5 Å².